The minimum atomic E-state index is -4.36. The SMILES string of the molecule is COc1cc(OCC(O)CN2CCN(c3ccc(C(F)(F)F)cc3)CC2)c(C(=O)CCc2ccccc2)cc1OC. The van der Waals surface area contributed by atoms with Crippen molar-refractivity contribution in [3.8, 4) is 17.2 Å². The summed E-state index contributed by atoms with van der Waals surface area (Å²) in [6.45, 7) is 2.83. The number of carbonyl (C=O) groups is 1. The first-order valence-corrected chi connectivity index (χ1v) is 13.5. The number of ketones is 1. The number of rotatable bonds is 12. The Morgan fingerprint density at radius 1 is 0.902 bits per heavy atom. The molecule has 0 spiro atoms. The zero-order chi connectivity index (χ0) is 29.4. The van der Waals surface area contributed by atoms with E-state index in [-0.39, 0.29) is 18.8 Å². The Morgan fingerprint density at radius 3 is 2.15 bits per heavy atom. The van der Waals surface area contributed by atoms with Crippen LogP contribution in [0.25, 0.3) is 0 Å². The molecule has 0 amide bonds. The summed E-state index contributed by atoms with van der Waals surface area (Å²) in [5.41, 5.74) is 1.48. The third-order valence-electron chi connectivity index (χ3n) is 7.10. The minimum Gasteiger partial charge on any atom is -0.493 e. The summed E-state index contributed by atoms with van der Waals surface area (Å²) < 4.78 is 55.3. The van der Waals surface area contributed by atoms with Gasteiger partial charge in [0.05, 0.1) is 25.3 Å². The summed E-state index contributed by atoms with van der Waals surface area (Å²) in [4.78, 5) is 17.3. The average Bonchev–Trinajstić information content (AvgIpc) is 2.99. The molecule has 1 N–H and O–H groups in total. The smallest absolute Gasteiger partial charge is 0.416 e. The fraction of sp³-hybridized carbons (Fsp3) is 0.387. The lowest BCUT2D eigenvalue weighted by Gasteiger charge is -2.37. The lowest BCUT2D eigenvalue weighted by Crippen LogP contribution is -2.49. The van der Waals surface area contributed by atoms with Gasteiger partial charge in [0, 0.05) is 50.9 Å². The maximum atomic E-state index is 13.2. The van der Waals surface area contributed by atoms with Crippen molar-refractivity contribution in [3.63, 3.8) is 0 Å². The number of piperazine rings is 1. The second-order valence-electron chi connectivity index (χ2n) is 9.91. The molecule has 0 aliphatic carbocycles. The van der Waals surface area contributed by atoms with Gasteiger partial charge in [-0.25, -0.2) is 0 Å². The molecule has 1 saturated heterocycles. The van der Waals surface area contributed by atoms with E-state index in [9.17, 15) is 23.1 Å². The van der Waals surface area contributed by atoms with Gasteiger partial charge in [-0.2, -0.15) is 13.2 Å². The van der Waals surface area contributed by atoms with Crippen LogP contribution in [0.2, 0.25) is 0 Å². The Kier molecular flexibility index (Phi) is 10.1. The Balaban J connectivity index is 1.33. The summed E-state index contributed by atoms with van der Waals surface area (Å²) in [5.74, 6) is 1.02. The molecule has 0 saturated carbocycles. The predicted molar refractivity (Wildman–Crippen MR) is 150 cm³/mol. The van der Waals surface area contributed by atoms with E-state index in [4.69, 9.17) is 14.2 Å². The standard InChI is InChI=1S/C31H35F3N2O5/c1-39-29-18-26(27(38)13-8-22-6-4-3-5-7-22)28(19-30(29)40-2)41-21-25(37)20-35-14-16-36(17-15-35)24-11-9-23(10-12-24)31(32,33)34/h3-7,9-12,18-19,25,37H,8,13-17,20-21H2,1-2H3. The van der Waals surface area contributed by atoms with Gasteiger partial charge in [0.1, 0.15) is 18.5 Å². The Labute approximate surface area is 238 Å². The average molecular weight is 573 g/mol. The quantitative estimate of drug-likeness (QED) is 0.303. The van der Waals surface area contributed by atoms with Gasteiger partial charge in [-0.3, -0.25) is 9.69 Å². The van der Waals surface area contributed by atoms with Crippen LogP contribution >= 0.6 is 0 Å². The maximum absolute atomic E-state index is 13.2. The molecule has 3 aromatic carbocycles. The number of Topliss-reactive ketones (excluding diaryl/α,β-unsaturated/α-hetero) is 1. The lowest BCUT2D eigenvalue weighted by atomic mass is 10.0. The van der Waals surface area contributed by atoms with E-state index in [0.29, 0.717) is 62.0 Å². The van der Waals surface area contributed by atoms with Crippen molar-refractivity contribution in [2.45, 2.75) is 25.1 Å². The van der Waals surface area contributed by atoms with E-state index in [2.05, 4.69) is 4.90 Å². The number of hydrogen-bond acceptors (Lipinski definition) is 7. The molecule has 10 heteroatoms. The number of nitrogens with zero attached hydrogens (tertiary/aromatic N) is 2. The van der Waals surface area contributed by atoms with Crippen LogP contribution in [0.5, 0.6) is 17.2 Å². The fourth-order valence-electron chi connectivity index (χ4n) is 4.82. The number of alkyl halides is 3. The first-order valence-electron chi connectivity index (χ1n) is 13.5. The molecule has 1 aliphatic heterocycles. The molecule has 7 nitrogen and oxygen atoms in total. The van der Waals surface area contributed by atoms with Crippen LogP contribution in [0.3, 0.4) is 0 Å². The fourth-order valence-corrected chi connectivity index (χ4v) is 4.82. The maximum Gasteiger partial charge on any atom is 0.416 e. The van der Waals surface area contributed by atoms with Crippen LogP contribution in [0.1, 0.15) is 27.9 Å². The molecule has 4 rings (SSSR count). The first-order chi connectivity index (χ1) is 19.7. The Morgan fingerprint density at radius 2 is 1.54 bits per heavy atom. The van der Waals surface area contributed by atoms with E-state index < -0.39 is 17.8 Å². The Bertz CT molecular complexity index is 1280. The molecule has 0 radical (unpaired) electrons. The number of halogens is 3. The number of carbonyl (C=O) groups excluding carboxylic acids is 1. The monoisotopic (exact) mass is 572 g/mol. The highest BCUT2D eigenvalue weighted by Gasteiger charge is 2.30. The van der Waals surface area contributed by atoms with Gasteiger partial charge in [0.25, 0.3) is 0 Å². The topological polar surface area (TPSA) is 71.5 Å². The summed E-state index contributed by atoms with van der Waals surface area (Å²) in [6, 6.07) is 18.1. The normalized spacial score (nSPS) is 14.9. The molecule has 1 atom stereocenters. The van der Waals surface area contributed by atoms with Gasteiger partial charge in [0.2, 0.25) is 0 Å². The molecule has 3 aromatic rings. The van der Waals surface area contributed by atoms with Gasteiger partial charge in [-0.05, 0) is 42.3 Å². The van der Waals surface area contributed by atoms with Crippen molar-refractivity contribution < 1.29 is 37.3 Å². The van der Waals surface area contributed by atoms with E-state index >= 15 is 0 Å². The highest BCUT2D eigenvalue weighted by molar-refractivity contribution is 5.99. The molecule has 220 valence electrons. The van der Waals surface area contributed by atoms with Crippen LogP contribution < -0.4 is 19.1 Å². The van der Waals surface area contributed by atoms with Crippen molar-refractivity contribution in [2.75, 3.05) is 58.5 Å². The van der Waals surface area contributed by atoms with Crippen LogP contribution in [0, 0.1) is 0 Å². The zero-order valence-corrected chi connectivity index (χ0v) is 23.2. The second kappa shape index (κ2) is 13.7. The van der Waals surface area contributed by atoms with Gasteiger partial charge in [0.15, 0.2) is 17.3 Å². The van der Waals surface area contributed by atoms with Crippen LogP contribution in [0.4, 0.5) is 18.9 Å². The molecule has 41 heavy (non-hydrogen) atoms. The Hall–Kier alpha value is -3.76. The minimum absolute atomic E-state index is 0.0342. The van der Waals surface area contributed by atoms with Crippen molar-refractivity contribution >= 4 is 11.5 Å². The molecule has 1 aliphatic rings. The second-order valence-corrected chi connectivity index (χ2v) is 9.91. The van der Waals surface area contributed by atoms with Gasteiger partial charge in [-0.15, -0.1) is 0 Å². The number of aliphatic hydroxyl groups is 1. The van der Waals surface area contributed by atoms with E-state index in [0.717, 1.165) is 23.4 Å². The number of hydrogen-bond donors (Lipinski definition) is 1. The zero-order valence-electron chi connectivity index (χ0n) is 23.2. The van der Waals surface area contributed by atoms with E-state index in [1.54, 1.807) is 12.1 Å². The number of methoxy groups -OCH3 is 2. The van der Waals surface area contributed by atoms with E-state index in [1.165, 1.54) is 26.4 Å². The number of aliphatic hydroxyl groups excluding tert-OH is 1. The highest BCUT2D eigenvalue weighted by atomic mass is 19.4. The number of β-amino-alcohol motifs (C(OH)–C–C–N with tert-alkyl or cyclic N) is 1. The van der Waals surface area contributed by atoms with Gasteiger partial charge in [-0.1, -0.05) is 30.3 Å². The predicted octanol–water partition coefficient (Wildman–Crippen LogP) is 5.10. The third-order valence-corrected chi connectivity index (χ3v) is 7.10. The molecule has 1 fully saturated rings. The largest absolute Gasteiger partial charge is 0.493 e. The molecule has 0 bridgehead atoms. The molecule has 1 unspecified atom stereocenters. The summed E-state index contributed by atoms with van der Waals surface area (Å²) >= 11 is 0. The first kappa shape index (κ1) is 30.2. The summed E-state index contributed by atoms with van der Waals surface area (Å²) in [6.07, 6.45) is -4.33. The molecular formula is C31H35F3N2O5. The van der Waals surface area contributed by atoms with Crippen LogP contribution in [-0.4, -0.2) is 75.4 Å². The van der Waals surface area contributed by atoms with E-state index in [1.807, 2.05) is 35.2 Å². The number of benzene rings is 3. The van der Waals surface area contributed by atoms with Crippen molar-refractivity contribution in [1.82, 2.24) is 4.90 Å². The van der Waals surface area contributed by atoms with Crippen molar-refractivity contribution in [1.29, 1.82) is 0 Å². The summed E-state index contributed by atoms with van der Waals surface area (Å²) in [7, 11) is 3.00. The number of ether oxygens (including phenoxy) is 3. The lowest BCUT2D eigenvalue weighted by molar-refractivity contribution is -0.137. The molecule has 0 aromatic heterocycles. The number of anilines is 1. The molecular weight excluding hydrogens is 537 g/mol. The third kappa shape index (κ3) is 8.14. The van der Waals surface area contributed by atoms with Gasteiger partial charge >= 0.3 is 6.18 Å². The van der Waals surface area contributed by atoms with Gasteiger partial charge < -0.3 is 24.2 Å². The van der Waals surface area contributed by atoms with Crippen molar-refractivity contribution in [3.05, 3.63) is 83.4 Å². The van der Waals surface area contributed by atoms with Crippen LogP contribution in [0.15, 0.2) is 66.7 Å². The highest BCUT2D eigenvalue weighted by Crippen LogP contribution is 2.36. The number of aryl methyl sites for hydroxylation is 1. The van der Waals surface area contributed by atoms with Crippen molar-refractivity contribution in [2.24, 2.45) is 0 Å². The van der Waals surface area contributed by atoms with Crippen LogP contribution in [-0.2, 0) is 12.6 Å². The summed E-state index contributed by atoms with van der Waals surface area (Å²) in [5, 5.41) is 10.7. The molecule has 1 heterocycles.